The second-order valence-electron chi connectivity index (χ2n) is 5.34. The first-order valence-electron chi connectivity index (χ1n) is 6.06. The fraction of sp³-hybridized carbons (Fsp3) is 0.333. The Balaban J connectivity index is 2.78. The van der Waals surface area contributed by atoms with Gasteiger partial charge in [0.25, 0.3) is 0 Å². The zero-order valence-electron chi connectivity index (χ0n) is 11.6. The maximum Gasteiger partial charge on any atom is 0.348 e. The quantitative estimate of drug-likeness (QED) is 0.660. The average molecular weight is 313 g/mol. The van der Waals surface area contributed by atoms with Gasteiger partial charge >= 0.3 is 5.97 Å². The lowest BCUT2D eigenvalue weighted by atomic mass is 9.87. The van der Waals surface area contributed by atoms with Gasteiger partial charge in [0.15, 0.2) is 6.29 Å². The predicted molar refractivity (Wildman–Crippen MR) is 83.0 cm³/mol. The van der Waals surface area contributed by atoms with Gasteiger partial charge in [-0.05, 0) is 16.5 Å². The predicted octanol–water partition coefficient (Wildman–Crippen LogP) is 3.95. The molecule has 1 rings (SSSR count). The molecule has 1 aromatic carbocycles. The first-order valence-corrected chi connectivity index (χ1v) is 7.42. The van der Waals surface area contributed by atoms with Crippen molar-refractivity contribution in [1.29, 1.82) is 0 Å². The number of carbonyl (C=O) groups excluding carboxylic acids is 1. The van der Waals surface area contributed by atoms with Gasteiger partial charge < -0.3 is 5.11 Å². The van der Waals surface area contributed by atoms with Gasteiger partial charge in [0, 0.05) is 5.75 Å². The summed E-state index contributed by atoms with van der Waals surface area (Å²) in [7, 11) is 0. The fourth-order valence-electron chi connectivity index (χ4n) is 1.52. The molecule has 1 N–H and O–H groups in total. The number of rotatable bonds is 5. The van der Waals surface area contributed by atoms with Crippen LogP contribution in [0.4, 0.5) is 0 Å². The maximum absolute atomic E-state index is 10.8. The lowest BCUT2D eigenvalue weighted by molar-refractivity contribution is -0.132. The van der Waals surface area contributed by atoms with Gasteiger partial charge in [0.05, 0.1) is 4.91 Å². The van der Waals surface area contributed by atoms with E-state index < -0.39 is 11.0 Å². The normalized spacial score (nSPS) is 12.8. The number of aldehydes is 1. The second-order valence-corrected chi connectivity index (χ2v) is 6.73. The van der Waals surface area contributed by atoms with Crippen molar-refractivity contribution in [3.63, 3.8) is 0 Å². The van der Waals surface area contributed by atoms with E-state index in [1.807, 2.05) is 24.3 Å². The van der Waals surface area contributed by atoms with E-state index in [9.17, 15) is 9.59 Å². The van der Waals surface area contributed by atoms with Gasteiger partial charge in [0.1, 0.15) is 5.03 Å². The number of aliphatic carboxylic acids is 1. The van der Waals surface area contributed by atoms with E-state index in [-0.39, 0.29) is 10.3 Å². The minimum absolute atomic E-state index is 0.0408. The molecule has 0 saturated carbocycles. The summed E-state index contributed by atoms with van der Waals surface area (Å²) >= 11 is 6.68. The summed E-state index contributed by atoms with van der Waals surface area (Å²) in [5.74, 6) is -0.786. The number of carboxylic acids is 1. The van der Waals surface area contributed by atoms with Crippen LogP contribution in [0.1, 0.15) is 31.9 Å². The number of carbonyl (C=O) groups is 2. The number of benzene rings is 1. The summed E-state index contributed by atoms with van der Waals surface area (Å²) in [5.41, 5.74) is 2.32. The molecule has 108 valence electrons. The summed E-state index contributed by atoms with van der Waals surface area (Å²) in [5, 5.41) is 8.31. The Kier molecular flexibility index (Phi) is 5.84. The van der Waals surface area contributed by atoms with Crippen molar-refractivity contribution in [2.24, 2.45) is 0 Å². The molecule has 0 aliphatic carbocycles. The smallest absolute Gasteiger partial charge is 0.348 e. The minimum atomic E-state index is -1.29. The highest BCUT2D eigenvalue weighted by Gasteiger charge is 2.14. The molecule has 0 amide bonds. The van der Waals surface area contributed by atoms with Crippen LogP contribution in [0.3, 0.4) is 0 Å². The molecule has 20 heavy (non-hydrogen) atoms. The third-order valence-electron chi connectivity index (χ3n) is 2.73. The van der Waals surface area contributed by atoms with Crippen LogP contribution in [0.15, 0.2) is 34.2 Å². The van der Waals surface area contributed by atoms with E-state index in [0.717, 1.165) is 17.3 Å². The van der Waals surface area contributed by atoms with E-state index >= 15 is 0 Å². The Hall–Kier alpha value is -1.26. The van der Waals surface area contributed by atoms with Crippen LogP contribution in [-0.2, 0) is 20.8 Å². The van der Waals surface area contributed by atoms with Crippen LogP contribution in [-0.4, -0.2) is 17.4 Å². The van der Waals surface area contributed by atoms with Crippen molar-refractivity contribution < 1.29 is 14.7 Å². The molecule has 0 radical (unpaired) electrons. The van der Waals surface area contributed by atoms with Crippen molar-refractivity contribution >= 4 is 35.6 Å². The number of carboxylic acid groups (broad SMARTS) is 1. The van der Waals surface area contributed by atoms with Gasteiger partial charge in [-0.1, -0.05) is 56.6 Å². The third kappa shape index (κ3) is 4.69. The standard InChI is InChI=1S/C15H17ClO3S/c1-15(2,3)11-6-4-10(5-7-11)9-20-12(8-17)13(16)14(18)19/h4-8H,9H2,1-3H3,(H,18,19)/b13-12-. The number of hydrogen-bond donors (Lipinski definition) is 1. The molecule has 3 nitrogen and oxygen atoms in total. The molecule has 0 atom stereocenters. The minimum Gasteiger partial charge on any atom is -0.477 e. The van der Waals surface area contributed by atoms with Crippen LogP contribution in [0.2, 0.25) is 0 Å². The maximum atomic E-state index is 10.8. The topological polar surface area (TPSA) is 54.4 Å². The number of halogens is 1. The fourth-order valence-corrected chi connectivity index (χ4v) is 2.52. The zero-order valence-corrected chi connectivity index (χ0v) is 13.2. The van der Waals surface area contributed by atoms with Crippen molar-refractivity contribution in [2.75, 3.05) is 0 Å². The Morgan fingerprint density at radius 2 is 1.85 bits per heavy atom. The van der Waals surface area contributed by atoms with E-state index in [1.165, 1.54) is 5.56 Å². The Bertz CT molecular complexity index is 527. The highest BCUT2D eigenvalue weighted by atomic mass is 35.5. The van der Waals surface area contributed by atoms with Crippen LogP contribution in [0.5, 0.6) is 0 Å². The molecule has 5 heteroatoms. The molecule has 0 aliphatic rings. The number of hydrogen-bond acceptors (Lipinski definition) is 3. The van der Waals surface area contributed by atoms with Crippen molar-refractivity contribution in [2.45, 2.75) is 31.9 Å². The van der Waals surface area contributed by atoms with Crippen LogP contribution >= 0.6 is 23.4 Å². The molecule has 0 aromatic heterocycles. The van der Waals surface area contributed by atoms with Crippen molar-refractivity contribution in [3.8, 4) is 0 Å². The summed E-state index contributed by atoms with van der Waals surface area (Å²) < 4.78 is 0. The first-order chi connectivity index (χ1) is 9.25. The molecule has 0 heterocycles. The van der Waals surface area contributed by atoms with Crippen LogP contribution < -0.4 is 0 Å². The van der Waals surface area contributed by atoms with E-state index in [0.29, 0.717) is 12.0 Å². The summed E-state index contributed by atoms with van der Waals surface area (Å²) in [6, 6.07) is 8.04. The highest BCUT2D eigenvalue weighted by molar-refractivity contribution is 8.03. The zero-order chi connectivity index (χ0) is 15.3. The number of allylic oxidation sites excluding steroid dienone is 1. The van der Waals surface area contributed by atoms with Crippen LogP contribution in [0, 0.1) is 0 Å². The van der Waals surface area contributed by atoms with Gasteiger partial charge in [-0.25, -0.2) is 4.79 Å². The molecule has 0 bridgehead atoms. The average Bonchev–Trinajstić information content (AvgIpc) is 2.38. The van der Waals surface area contributed by atoms with Gasteiger partial charge in [-0.15, -0.1) is 11.8 Å². The van der Waals surface area contributed by atoms with Crippen molar-refractivity contribution in [3.05, 3.63) is 45.3 Å². The molecular formula is C15H17ClO3S. The first kappa shape index (κ1) is 16.8. The largest absolute Gasteiger partial charge is 0.477 e. The second kappa shape index (κ2) is 6.95. The highest BCUT2D eigenvalue weighted by Crippen LogP contribution is 2.27. The summed E-state index contributed by atoms with van der Waals surface area (Å²) in [4.78, 5) is 21.6. The molecule has 0 unspecified atom stereocenters. The van der Waals surface area contributed by atoms with Gasteiger partial charge in [-0.3, -0.25) is 4.79 Å². The van der Waals surface area contributed by atoms with Crippen molar-refractivity contribution in [1.82, 2.24) is 0 Å². The molecular weight excluding hydrogens is 296 g/mol. The third-order valence-corrected chi connectivity index (χ3v) is 4.29. The molecule has 0 aliphatic heterocycles. The molecule has 1 aromatic rings. The lowest BCUT2D eigenvalue weighted by Crippen LogP contribution is -2.10. The Labute approximate surface area is 128 Å². The Morgan fingerprint density at radius 3 is 2.25 bits per heavy atom. The summed E-state index contributed by atoms with van der Waals surface area (Å²) in [6.45, 7) is 6.41. The lowest BCUT2D eigenvalue weighted by Gasteiger charge is -2.19. The molecule has 0 spiro atoms. The van der Waals surface area contributed by atoms with Gasteiger partial charge in [-0.2, -0.15) is 0 Å². The van der Waals surface area contributed by atoms with Gasteiger partial charge in [0.2, 0.25) is 0 Å². The molecule has 0 saturated heterocycles. The number of thioether (sulfide) groups is 1. The SMILES string of the molecule is CC(C)(C)c1ccc(CS/C(C=O)=C(\Cl)C(=O)O)cc1. The van der Waals surface area contributed by atoms with E-state index in [4.69, 9.17) is 16.7 Å². The van der Waals surface area contributed by atoms with E-state index in [2.05, 4.69) is 20.8 Å². The molecule has 0 fully saturated rings. The summed E-state index contributed by atoms with van der Waals surface area (Å²) in [6.07, 6.45) is 0.477. The Morgan fingerprint density at radius 1 is 1.30 bits per heavy atom. The van der Waals surface area contributed by atoms with Crippen LogP contribution in [0.25, 0.3) is 0 Å². The monoisotopic (exact) mass is 312 g/mol. The van der Waals surface area contributed by atoms with E-state index in [1.54, 1.807) is 0 Å².